The van der Waals surface area contributed by atoms with Crippen LogP contribution in [0.5, 0.6) is 0 Å². The monoisotopic (exact) mass is 1370 g/mol. The van der Waals surface area contributed by atoms with E-state index < -0.39 is 60.1 Å². The average molecular weight is 1380 g/mol. The largest absolute Gasteiger partial charge is 2.00 e. The molecule has 0 saturated carbocycles. The van der Waals surface area contributed by atoms with Crippen LogP contribution in [0.3, 0.4) is 0 Å². The van der Waals surface area contributed by atoms with Crippen LogP contribution >= 0.6 is 0 Å². The third-order valence-corrected chi connectivity index (χ3v) is 19.5. The number of allylic oxidation sites excluding steroid dienone is 10. The molecule has 0 spiro atoms. The fourth-order valence-corrected chi connectivity index (χ4v) is 13.8. The molecule has 8 aromatic rings. The van der Waals surface area contributed by atoms with Gasteiger partial charge in [-0.25, -0.2) is 42.8 Å². The van der Waals surface area contributed by atoms with Crippen molar-refractivity contribution in [1.29, 1.82) is 0 Å². The Bertz CT molecular complexity index is 4450. The van der Waals surface area contributed by atoms with Crippen LogP contribution in [0.1, 0.15) is 72.2 Å². The molecule has 0 bridgehead atoms. The zero-order valence-corrected chi connectivity index (χ0v) is 58.4. The normalized spacial score (nSPS) is 13.0. The number of hydrogen-bond donors (Lipinski definition) is 0. The molecule has 21 heteroatoms. The summed E-state index contributed by atoms with van der Waals surface area (Å²) in [5.74, 6) is 0. The molecule has 8 aromatic carbocycles. The second-order valence-corrected chi connectivity index (χ2v) is 27.5. The van der Waals surface area contributed by atoms with E-state index in [-0.39, 0.29) is 48.9 Å². The summed E-state index contributed by atoms with van der Waals surface area (Å²) in [5, 5.41) is 0. The zero-order valence-electron chi connectivity index (χ0n) is 52.9. The topological polar surface area (TPSA) is 241 Å². The van der Waals surface area contributed by atoms with E-state index in [0.717, 1.165) is 83.4 Å². The van der Waals surface area contributed by atoms with Crippen molar-refractivity contribution >= 4 is 112 Å². The van der Waals surface area contributed by atoms with Crippen LogP contribution in [-0.2, 0) is 66.7 Å². The van der Waals surface area contributed by atoms with Gasteiger partial charge < -0.3 is 28.0 Å². The van der Waals surface area contributed by atoms with Gasteiger partial charge in [-0.05, 0) is 145 Å². The summed E-state index contributed by atoms with van der Waals surface area (Å²) < 4.78 is 150. The maximum absolute atomic E-state index is 12.5. The van der Waals surface area contributed by atoms with Crippen LogP contribution in [0, 0.1) is 0 Å². The molecule has 0 N–H and O–H groups in total. The minimum atomic E-state index is -5.19. The Balaban J connectivity index is 0.000000241. The first-order valence-electron chi connectivity index (χ1n) is 30.4. The van der Waals surface area contributed by atoms with Gasteiger partial charge in [0.15, 0.2) is 24.5 Å². The van der Waals surface area contributed by atoms with Gasteiger partial charge in [0.2, 0.25) is 0 Å². The standard InChI is InChI=1S/2C37H36N2O6S2.Ca/c2*1-3-38(26-28-11-7-5-8-12-28)32-19-15-30(16-20-32)37(35-24-23-34(46(40,41)42)25-36(35)47(43,44)45)31-17-21-33(22-18-31)39(4-2)27-29-13-9-6-10-14-29;/h2*5-25H,3-4,26-27H2,1-2H3,(H-,40,41,42,43,44,45);/q;;+2/p-2. The van der Waals surface area contributed by atoms with Crippen LogP contribution in [0.4, 0.5) is 11.4 Å². The number of nitrogens with zero attached hydrogens (tertiary/aromatic N) is 4. The van der Waals surface area contributed by atoms with Crippen LogP contribution in [-0.4, -0.2) is 136 Å². The summed E-state index contributed by atoms with van der Waals surface area (Å²) in [7, 11) is -20.4. The molecule has 0 aliphatic heterocycles. The van der Waals surface area contributed by atoms with Crippen molar-refractivity contribution < 1.29 is 61.0 Å². The first-order valence-corrected chi connectivity index (χ1v) is 36.0. The summed E-state index contributed by atoms with van der Waals surface area (Å²) >= 11 is 0. The summed E-state index contributed by atoms with van der Waals surface area (Å²) in [6.07, 6.45) is 15.1. The van der Waals surface area contributed by atoms with Gasteiger partial charge in [0.25, 0.3) is 0 Å². The molecule has 0 amide bonds. The van der Waals surface area contributed by atoms with Crippen LogP contribution in [0.15, 0.2) is 286 Å². The van der Waals surface area contributed by atoms with Gasteiger partial charge in [-0.3, -0.25) is 0 Å². The molecule has 95 heavy (non-hydrogen) atoms. The van der Waals surface area contributed by atoms with Crippen molar-refractivity contribution in [2.24, 2.45) is 0 Å². The van der Waals surface area contributed by atoms with Gasteiger partial charge >= 0.3 is 37.7 Å². The van der Waals surface area contributed by atoms with Crippen molar-refractivity contribution in [3.8, 4) is 0 Å². The van der Waals surface area contributed by atoms with Gasteiger partial charge in [0.1, 0.15) is 53.6 Å². The summed E-state index contributed by atoms with van der Waals surface area (Å²) in [6.45, 7) is 14.0. The zero-order chi connectivity index (χ0) is 67.2. The quantitative estimate of drug-likeness (QED) is 0.0348. The molecule has 0 heterocycles. The Morgan fingerprint density at radius 2 is 0.653 bits per heavy atom. The molecule has 0 fully saturated rings. The van der Waals surface area contributed by atoms with Gasteiger partial charge in [-0.2, -0.15) is 0 Å². The predicted molar refractivity (Wildman–Crippen MR) is 370 cm³/mol. The molecule has 2 aliphatic rings. The number of rotatable bonds is 22. The van der Waals surface area contributed by atoms with E-state index in [4.69, 9.17) is 0 Å². The minimum absolute atomic E-state index is 0. The molecule has 0 aromatic heterocycles. The number of benzene rings is 8. The molecule has 2 aliphatic carbocycles. The van der Waals surface area contributed by atoms with E-state index in [1.165, 1.54) is 12.1 Å². The van der Waals surface area contributed by atoms with Crippen LogP contribution in [0.25, 0.3) is 11.1 Å². The van der Waals surface area contributed by atoms with Gasteiger partial charge in [0, 0.05) is 84.1 Å². The van der Waals surface area contributed by atoms with Gasteiger partial charge in [0.05, 0.1) is 19.6 Å². The summed E-state index contributed by atoms with van der Waals surface area (Å²) in [5.41, 5.74) is 11.6. The maximum atomic E-state index is 12.5. The number of anilines is 2. The second-order valence-electron chi connectivity index (χ2n) is 22.1. The SMILES string of the molecule is CCN(Cc1ccccc1)c1ccc(C(=C2C=CC(=[N+](CC)Cc3ccccc3)C=C2)c2ccc(S(=O)(=O)[O-])cc2S(=O)(=O)[O-])cc1.CCN(Cc1ccccc1)c1ccc(C(=C2C=CC(=[N+](CC)Cc3ccccc3)C=C2)c2ccc(S(=O)(=O)[O-])cc2S(=O)(=O)[O-])cc1.[Ca+2]. The molecular formula is C74H70CaN4O12S4. The fourth-order valence-electron chi connectivity index (χ4n) is 11.2. The maximum Gasteiger partial charge on any atom is 2.00 e. The molecular weight excluding hydrogens is 1310 g/mol. The Hall–Kier alpha value is -7.96. The molecule has 10 rings (SSSR count). The molecule has 0 unspecified atom stereocenters. The fraction of sp³-hybridized carbons (Fsp3) is 0.162. The van der Waals surface area contributed by atoms with E-state index in [1.807, 2.05) is 170 Å². The Labute approximate surface area is 588 Å². The van der Waals surface area contributed by atoms with Crippen molar-refractivity contribution in [2.75, 3.05) is 36.0 Å². The van der Waals surface area contributed by atoms with Crippen LogP contribution < -0.4 is 9.80 Å². The Morgan fingerprint density at radius 1 is 0.358 bits per heavy atom. The predicted octanol–water partition coefficient (Wildman–Crippen LogP) is 11.9. The van der Waals surface area contributed by atoms with E-state index in [2.05, 4.69) is 95.2 Å². The first-order chi connectivity index (χ1) is 44.9. The first kappa shape index (κ1) is 72.9. The third-order valence-electron chi connectivity index (χ3n) is 16.0. The molecule has 0 saturated heterocycles. The van der Waals surface area contributed by atoms with E-state index in [9.17, 15) is 51.9 Å². The Kier molecular flexibility index (Phi) is 25.0. The number of hydrogen-bond acceptors (Lipinski definition) is 14. The van der Waals surface area contributed by atoms with Crippen molar-refractivity contribution in [2.45, 2.75) is 73.5 Å². The van der Waals surface area contributed by atoms with Crippen molar-refractivity contribution in [3.63, 3.8) is 0 Å². The molecule has 0 atom stereocenters. The molecule has 0 radical (unpaired) electrons. The van der Waals surface area contributed by atoms with Crippen LogP contribution in [0.2, 0.25) is 0 Å². The molecule has 484 valence electrons. The smallest absolute Gasteiger partial charge is 0.744 e. The van der Waals surface area contributed by atoms with E-state index in [1.54, 1.807) is 0 Å². The molecule has 16 nitrogen and oxygen atoms in total. The Morgan fingerprint density at radius 3 is 0.916 bits per heavy atom. The van der Waals surface area contributed by atoms with E-state index in [0.29, 0.717) is 71.7 Å². The van der Waals surface area contributed by atoms with Gasteiger partial charge in [-0.15, -0.1) is 0 Å². The van der Waals surface area contributed by atoms with Crippen molar-refractivity contribution in [3.05, 3.63) is 311 Å². The average Bonchev–Trinajstić information content (AvgIpc) is 0.774. The summed E-state index contributed by atoms with van der Waals surface area (Å²) in [4.78, 5) is 1.24. The van der Waals surface area contributed by atoms with Gasteiger partial charge in [-0.1, -0.05) is 158 Å². The third kappa shape index (κ3) is 19.2. The second kappa shape index (κ2) is 32.7. The van der Waals surface area contributed by atoms with Crippen molar-refractivity contribution in [1.82, 2.24) is 0 Å². The van der Waals surface area contributed by atoms with E-state index >= 15 is 0 Å². The summed E-state index contributed by atoms with van der Waals surface area (Å²) in [6, 6.07) is 61.2. The minimum Gasteiger partial charge on any atom is -0.744 e.